The average molecular weight is 278 g/mol. The summed E-state index contributed by atoms with van der Waals surface area (Å²) >= 11 is 5.96. The smallest absolute Gasteiger partial charge is 0.248 e. The summed E-state index contributed by atoms with van der Waals surface area (Å²) in [7, 11) is 0. The van der Waals surface area contributed by atoms with Crippen molar-refractivity contribution < 1.29 is 9.53 Å². The molecule has 0 aliphatic carbocycles. The Kier molecular flexibility index (Phi) is 3.66. The molecule has 1 amide bonds. The van der Waals surface area contributed by atoms with Crippen LogP contribution in [0.15, 0.2) is 24.3 Å². The van der Waals surface area contributed by atoms with Crippen LogP contribution in [0.3, 0.4) is 0 Å². The fourth-order valence-corrected chi connectivity index (χ4v) is 1.67. The third kappa shape index (κ3) is 3.00. The van der Waals surface area contributed by atoms with E-state index in [9.17, 15) is 4.79 Å². The maximum Gasteiger partial charge on any atom is 0.248 e. The van der Waals surface area contributed by atoms with E-state index in [1.807, 2.05) is 0 Å². The van der Waals surface area contributed by atoms with Crippen LogP contribution < -0.4 is 10.5 Å². The summed E-state index contributed by atoms with van der Waals surface area (Å²) in [5.74, 6) is 0.981. The van der Waals surface area contributed by atoms with Gasteiger partial charge in [0.25, 0.3) is 0 Å². The maximum absolute atomic E-state index is 11.0. The van der Waals surface area contributed by atoms with Crippen molar-refractivity contribution in [3.8, 4) is 11.6 Å². The molecule has 0 bridgehead atoms. The lowest BCUT2D eigenvalue weighted by atomic mass is 10.2. The number of rotatable bonds is 3. The van der Waals surface area contributed by atoms with E-state index in [1.54, 1.807) is 38.1 Å². The number of halogens is 1. The molecule has 2 N–H and O–H groups in total. The molecule has 0 saturated carbocycles. The van der Waals surface area contributed by atoms with Crippen LogP contribution in [0.4, 0.5) is 0 Å². The zero-order chi connectivity index (χ0) is 14.0. The van der Waals surface area contributed by atoms with Gasteiger partial charge >= 0.3 is 0 Å². The lowest BCUT2D eigenvalue weighted by Crippen LogP contribution is -2.10. The highest BCUT2D eigenvalue weighted by atomic mass is 35.5. The Balaban J connectivity index is 2.28. The van der Waals surface area contributed by atoms with Gasteiger partial charge in [0.15, 0.2) is 0 Å². The van der Waals surface area contributed by atoms with Gasteiger partial charge in [-0.25, -0.2) is 4.98 Å². The van der Waals surface area contributed by atoms with Gasteiger partial charge in [-0.15, -0.1) is 0 Å². The van der Waals surface area contributed by atoms with Gasteiger partial charge in [-0.3, -0.25) is 4.79 Å². The Hall–Kier alpha value is -2.14. The zero-order valence-electron chi connectivity index (χ0n) is 10.5. The summed E-state index contributed by atoms with van der Waals surface area (Å²) in [6.07, 6.45) is 0. The molecule has 98 valence electrons. The number of hydrogen-bond donors (Lipinski definition) is 1. The topological polar surface area (TPSA) is 78.1 Å². The Labute approximate surface area is 115 Å². The number of benzene rings is 1. The summed E-state index contributed by atoms with van der Waals surface area (Å²) in [4.78, 5) is 19.2. The van der Waals surface area contributed by atoms with E-state index in [0.717, 1.165) is 0 Å². The van der Waals surface area contributed by atoms with Crippen molar-refractivity contribution in [1.82, 2.24) is 9.97 Å². The molecule has 0 aliphatic heterocycles. The van der Waals surface area contributed by atoms with Crippen molar-refractivity contribution in [3.05, 3.63) is 46.4 Å². The summed E-state index contributed by atoms with van der Waals surface area (Å²) in [6.45, 7) is 3.50. The molecule has 2 aromatic rings. The average Bonchev–Trinajstić information content (AvgIpc) is 2.36. The molecule has 6 heteroatoms. The SMILES string of the molecule is Cc1nc(Cl)c(C)c(Oc2ccc(C(N)=O)cc2)n1. The predicted octanol–water partition coefficient (Wildman–Crippen LogP) is 2.64. The Morgan fingerprint density at radius 1 is 1.21 bits per heavy atom. The van der Waals surface area contributed by atoms with E-state index in [2.05, 4.69) is 9.97 Å². The van der Waals surface area contributed by atoms with Gasteiger partial charge in [-0.2, -0.15) is 4.98 Å². The second-order valence-electron chi connectivity index (χ2n) is 3.98. The summed E-state index contributed by atoms with van der Waals surface area (Å²) in [6, 6.07) is 6.46. The number of ether oxygens (including phenoxy) is 1. The molecule has 0 radical (unpaired) electrons. The fourth-order valence-electron chi connectivity index (χ4n) is 1.47. The van der Waals surface area contributed by atoms with E-state index in [4.69, 9.17) is 22.1 Å². The van der Waals surface area contributed by atoms with Crippen molar-refractivity contribution in [3.63, 3.8) is 0 Å². The minimum atomic E-state index is -0.483. The van der Waals surface area contributed by atoms with Crippen LogP contribution in [0, 0.1) is 13.8 Å². The van der Waals surface area contributed by atoms with Crippen LogP contribution in [0.25, 0.3) is 0 Å². The van der Waals surface area contributed by atoms with Crippen molar-refractivity contribution in [2.75, 3.05) is 0 Å². The van der Waals surface area contributed by atoms with Gasteiger partial charge < -0.3 is 10.5 Å². The van der Waals surface area contributed by atoms with Crippen LogP contribution >= 0.6 is 11.6 Å². The number of carbonyl (C=O) groups excluding carboxylic acids is 1. The maximum atomic E-state index is 11.0. The molecule has 0 atom stereocenters. The highest BCUT2D eigenvalue weighted by Gasteiger charge is 2.10. The standard InChI is InChI=1S/C13H12ClN3O2/c1-7-11(14)16-8(2)17-13(7)19-10-5-3-9(4-6-10)12(15)18/h3-6H,1-2H3,(H2,15,18). The number of aryl methyl sites for hydroxylation is 1. The number of nitrogens with two attached hydrogens (primary N) is 1. The molecule has 1 aromatic carbocycles. The van der Waals surface area contributed by atoms with Crippen LogP contribution in [-0.4, -0.2) is 15.9 Å². The number of nitrogens with zero attached hydrogens (tertiary/aromatic N) is 2. The molecule has 5 nitrogen and oxygen atoms in total. The Morgan fingerprint density at radius 3 is 2.42 bits per heavy atom. The summed E-state index contributed by atoms with van der Waals surface area (Å²) in [5.41, 5.74) is 6.24. The van der Waals surface area contributed by atoms with Crippen molar-refractivity contribution in [1.29, 1.82) is 0 Å². The van der Waals surface area contributed by atoms with Gasteiger partial charge in [0.2, 0.25) is 11.8 Å². The number of aromatic nitrogens is 2. The van der Waals surface area contributed by atoms with Crippen molar-refractivity contribution in [2.24, 2.45) is 5.73 Å². The highest BCUT2D eigenvalue weighted by Crippen LogP contribution is 2.26. The van der Waals surface area contributed by atoms with Gasteiger partial charge in [-0.05, 0) is 38.1 Å². The fraction of sp³-hybridized carbons (Fsp3) is 0.154. The normalized spacial score (nSPS) is 10.3. The zero-order valence-corrected chi connectivity index (χ0v) is 11.2. The largest absolute Gasteiger partial charge is 0.439 e. The van der Waals surface area contributed by atoms with Crippen LogP contribution in [0.1, 0.15) is 21.7 Å². The molecule has 0 spiro atoms. The Morgan fingerprint density at radius 2 is 1.84 bits per heavy atom. The third-order valence-electron chi connectivity index (χ3n) is 2.51. The molecule has 0 saturated heterocycles. The minimum Gasteiger partial charge on any atom is -0.439 e. The van der Waals surface area contributed by atoms with Gasteiger partial charge in [0.1, 0.15) is 16.7 Å². The van der Waals surface area contributed by atoms with Crippen molar-refractivity contribution >= 4 is 17.5 Å². The number of hydrogen-bond acceptors (Lipinski definition) is 4. The molecule has 0 unspecified atom stereocenters. The van der Waals surface area contributed by atoms with Gasteiger partial charge in [0, 0.05) is 11.1 Å². The summed E-state index contributed by atoms with van der Waals surface area (Å²) < 4.78 is 5.62. The lowest BCUT2D eigenvalue weighted by Gasteiger charge is -2.09. The highest BCUT2D eigenvalue weighted by molar-refractivity contribution is 6.30. The van der Waals surface area contributed by atoms with Gasteiger partial charge in [0.05, 0.1) is 0 Å². The second-order valence-corrected chi connectivity index (χ2v) is 4.34. The first-order chi connectivity index (χ1) is 8.97. The lowest BCUT2D eigenvalue weighted by molar-refractivity contribution is 0.100. The first-order valence-corrected chi connectivity index (χ1v) is 5.93. The van der Waals surface area contributed by atoms with Crippen LogP contribution in [0.2, 0.25) is 5.15 Å². The monoisotopic (exact) mass is 277 g/mol. The molecule has 1 heterocycles. The van der Waals surface area contributed by atoms with E-state index in [0.29, 0.717) is 33.7 Å². The first-order valence-electron chi connectivity index (χ1n) is 5.56. The molecule has 0 fully saturated rings. The minimum absolute atomic E-state index is 0.358. The quantitative estimate of drug-likeness (QED) is 0.875. The molecule has 2 rings (SSSR count). The number of amides is 1. The number of primary amides is 1. The van der Waals surface area contributed by atoms with E-state index >= 15 is 0 Å². The molecular weight excluding hydrogens is 266 g/mol. The number of carbonyl (C=O) groups is 1. The second kappa shape index (κ2) is 5.24. The molecule has 1 aromatic heterocycles. The van der Waals surface area contributed by atoms with E-state index < -0.39 is 5.91 Å². The molecule has 19 heavy (non-hydrogen) atoms. The van der Waals surface area contributed by atoms with E-state index in [-0.39, 0.29) is 0 Å². The Bertz CT molecular complexity index is 627. The summed E-state index contributed by atoms with van der Waals surface area (Å²) in [5, 5.41) is 0.358. The van der Waals surface area contributed by atoms with Crippen LogP contribution in [0.5, 0.6) is 11.6 Å². The molecular formula is C13H12ClN3O2. The third-order valence-corrected chi connectivity index (χ3v) is 2.87. The van der Waals surface area contributed by atoms with Gasteiger partial charge in [-0.1, -0.05) is 11.6 Å². The molecule has 0 aliphatic rings. The predicted molar refractivity (Wildman–Crippen MR) is 71.5 cm³/mol. The van der Waals surface area contributed by atoms with Crippen molar-refractivity contribution in [2.45, 2.75) is 13.8 Å². The van der Waals surface area contributed by atoms with E-state index in [1.165, 1.54) is 0 Å². The first kappa shape index (κ1) is 13.3. The van der Waals surface area contributed by atoms with Crippen LogP contribution in [-0.2, 0) is 0 Å².